The Labute approximate surface area is 148 Å². The number of rotatable bonds is 8. The van der Waals surface area contributed by atoms with Crippen LogP contribution in [0.1, 0.15) is 32.3 Å². The van der Waals surface area contributed by atoms with Crippen LogP contribution >= 0.6 is 0 Å². The van der Waals surface area contributed by atoms with Crippen molar-refractivity contribution >= 4 is 18.0 Å². The molecule has 0 heterocycles. The summed E-state index contributed by atoms with van der Waals surface area (Å²) in [7, 11) is 3.36. The predicted octanol–water partition coefficient (Wildman–Crippen LogP) is 1.80. The van der Waals surface area contributed by atoms with E-state index in [2.05, 4.69) is 10.5 Å². The predicted molar refractivity (Wildman–Crippen MR) is 94.9 cm³/mol. The van der Waals surface area contributed by atoms with E-state index in [1.165, 1.54) is 4.90 Å². The summed E-state index contributed by atoms with van der Waals surface area (Å²) in [5.74, 6) is 0.956. The molecule has 25 heavy (non-hydrogen) atoms. The number of nitrogens with one attached hydrogen (secondary N) is 1. The summed E-state index contributed by atoms with van der Waals surface area (Å²) in [6.45, 7) is 4.03. The quantitative estimate of drug-likeness (QED) is 0.574. The zero-order valence-corrected chi connectivity index (χ0v) is 15.1. The Bertz CT molecular complexity index is 654. The lowest BCUT2D eigenvalue weighted by Gasteiger charge is -2.20. The second kappa shape index (κ2) is 8.50. The van der Waals surface area contributed by atoms with Gasteiger partial charge in [-0.3, -0.25) is 9.59 Å². The summed E-state index contributed by atoms with van der Waals surface area (Å²) in [6, 6.07) is 5.28. The van der Waals surface area contributed by atoms with Crippen molar-refractivity contribution in [3.8, 4) is 11.5 Å². The second-order valence-corrected chi connectivity index (χ2v) is 6.14. The van der Waals surface area contributed by atoms with E-state index in [-0.39, 0.29) is 17.7 Å². The topological polar surface area (TPSA) is 80.2 Å². The molecule has 136 valence electrons. The molecule has 2 rings (SSSR count). The number of ether oxygens (including phenoxy) is 2. The Kier molecular flexibility index (Phi) is 6.38. The summed E-state index contributed by atoms with van der Waals surface area (Å²) in [5, 5.41) is 3.96. The first-order chi connectivity index (χ1) is 11.9. The van der Waals surface area contributed by atoms with Crippen LogP contribution in [0.25, 0.3) is 0 Å². The Hall–Kier alpha value is -2.57. The minimum absolute atomic E-state index is 0.0442. The van der Waals surface area contributed by atoms with Gasteiger partial charge in [0.1, 0.15) is 0 Å². The van der Waals surface area contributed by atoms with Gasteiger partial charge in [-0.1, -0.05) is 0 Å². The third-order valence-corrected chi connectivity index (χ3v) is 3.70. The Morgan fingerprint density at radius 1 is 1.36 bits per heavy atom. The van der Waals surface area contributed by atoms with E-state index in [0.29, 0.717) is 18.1 Å². The third-order valence-electron chi connectivity index (χ3n) is 3.70. The number of carbonyl (C=O) groups excluding carboxylic acids is 2. The number of carbonyl (C=O) groups is 2. The molecule has 2 amide bonds. The van der Waals surface area contributed by atoms with Gasteiger partial charge in [-0.25, -0.2) is 5.43 Å². The zero-order valence-electron chi connectivity index (χ0n) is 15.1. The summed E-state index contributed by atoms with van der Waals surface area (Å²) >= 11 is 0. The van der Waals surface area contributed by atoms with E-state index >= 15 is 0 Å². The van der Waals surface area contributed by atoms with E-state index in [0.717, 1.165) is 18.4 Å². The molecule has 1 aliphatic carbocycles. The molecule has 0 spiro atoms. The van der Waals surface area contributed by atoms with E-state index in [1.807, 2.05) is 6.92 Å². The number of hydrazone groups is 1. The second-order valence-electron chi connectivity index (χ2n) is 6.14. The fourth-order valence-corrected chi connectivity index (χ4v) is 2.18. The minimum atomic E-state index is -0.619. The van der Waals surface area contributed by atoms with Gasteiger partial charge in [-0.15, -0.1) is 0 Å². The van der Waals surface area contributed by atoms with E-state index in [9.17, 15) is 9.59 Å². The number of hydrogen-bond acceptors (Lipinski definition) is 5. The molecule has 0 bridgehead atoms. The molecule has 1 aromatic carbocycles. The molecule has 7 nitrogen and oxygen atoms in total. The van der Waals surface area contributed by atoms with Crippen molar-refractivity contribution in [2.45, 2.75) is 32.8 Å². The average Bonchev–Trinajstić information content (AvgIpc) is 3.41. The summed E-state index contributed by atoms with van der Waals surface area (Å²) in [6.07, 6.45) is 2.81. The van der Waals surface area contributed by atoms with Crippen molar-refractivity contribution in [1.29, 1.82) is 0 Å². The summed E-state index contributed by atoms with van der Waals surface area (Å²) < 4.78 is 11.3. The van der Waals surface area contributed by atoms with Crippen molar-refractivity contribution in [3.05, 3.63) is 23.8 Å². The van der Waals surface area contributed by atoms with Gasteiger partial charge in [0.25, 0.3) is 5.91 Å². The van der Waals surface area contributed by atoms with Crippen LogP contribution in [-0.2, 0) is 9.59 Å². The first-order valence-electron chi connectivity index (χ1n) is 8.40. The van der Waals surface area contributed by atoms with Crippen LogP contribution in [0.3, 0.4) is 0 Å². The largest absolute Gasteiger partial charge is 0.490 e. The molecule has 0 unspecified atom stereocenters. The minimum Gasteiger partial charge on any atom is -0.490 e. The van der Waals surface area contributed by atoms with Crippen molar-refractivity contribution in [2.24, 2.45) is 11.0 Å². The first kappa shape index (κ1) is 18.8. The van der Waals surface area contributed by atoms with Gasteiger partial charge in [0, 0.05) is 20.0 Å². The summed E-state index contributed by atoms with van der Waals surface area (Å²) in [4.78, 5) is 25.0. The Morgan fingerprint density at radius 2 is 2.08 bits per heavy atom. The maximum Gasteiger partial charge on any atom is 0.262 e. The monoisotopic (exact) mass is 347 g/mol. The van der Waals surface area contributed by atoms with Gasteiger partial charge in [-0.2, -0.15) is 5.10 Å². The van der Waals surface area contributed by atoms with Crippen LogP contribution in [-0.4, -0.2) is 49.7 Å². The van der Waals surface area contributed by atoms with E-state index < -0.39 is 6.10 Å². The van der Waals surface area contributed by atoms with Gasteiger partial charge < -0.3 is 14.4 Å². The van der Waals surface area contributed by atoms with Crippen molar-refractivity contribution < 1.29 is 19.1 Å². The highest BCUT2D eigenvalue weighted by Gasteiger charge is 2.29. The first-order valence-corrected chi connectivity index (χ1v) is 8.40. The van der Waals surface area contributed by atoms with Gasteiger partial charge in [0.2, 0.25) is 5.91 Å². The molecule has 7 heteroatoms. The molecular weight excluding hydrogens is 322 g/mol. The normalized spacial score (nSPS) is 14.9. The van der Waals surface area contributed by atoms with Crippen LogP contribution in [0.15, 0.2) is 23.3 Å². The number of amides is 2. The van der Waals surface area contributed by atoms with Gasteiger partial charge in [0.05, 0.1) is 12.8 Å². The van der Waals surface area contributed by atoms with Gasteiger partial charge in [0.15, 0.2) is 17.6 Å². The Balaban J connectivity index is 2.06. The molecule has 1 saturated carbocycles. The van der Waals surface area contributed by atoms with Gasteiger partial charge in [-0.05, 0) is 50.5 Å². The molecule has 0 saturated heterocycles. The van der Waals surface area contributed by atoms with Crippen molar-refractivity contribution in [3.63, 3.8) is 0 Å². The van der Waals surface area contributed by atoms with Crippen molar-refractivity contribution in [1.82, 2.24) is 10.3 Å². The third kappa shape index (κ3) is 5.48. The number of benzene rings is 1. The average molecular weight is 347 g/mol. The smallest absolute Gasteiger partial charge is 0.262 e. The van der Waals surface area contributed by atoms with E-state index in [1.54, 1.807) is 45.4 Å². The number of hydrogen-bond donors (Lipinski definition) is 1. The van der Waals surface area contributed by atoms with E-state index in [4.69, 9.17) is 9.47 Å². The van der Waals surface area contributed by atoms with Crippen LogP contribution < -0.4 is 14.9 Å². The molecule has 1 fully saturated rings. The molecular formula is C18H25N3O4. The SMILES string of the molecule is CCOc1cc(/C=N\NC(=O)C2CC2)ccc1O[C@H](C)C(=O)N(C)C. The number of nitrogens with zero attached hydrogens (tertiary/aromatic N) is 2. The highest BCUT2D eigenvalue weighted by Crippen LogP contribution is 2.30. The van der Waals surface area contributed by atoms with Gasteiger partial charge >= 0.3 is 0 Å². The molecule has 1 aromatic rings. The highest BCUT2D eigenvalue weighted by molar-refractivity contribution is 5.85. The molecule has 0 radical (unpaired) electrons. The standard InChI is InChI=1S/C18H25N3O4/c1-5-24-16-10-13(11-19-20-17(22)14-7-8-14)6-9-15(16)25-12(2)18(23)21(3)4/h6,9-12,14H,5,7-8H2,1-4H3,(H,20,22)/b19-11-/t12-/m1/s1. The molecule has 0 aromatic heterocycles. The molecule has 1 atom stereocenters. The maximum absolute atomic E-state index is 11.9. The van der Waals surface area contributed by atoms with Crippen LogP contribution in [0, 0.1) is 5.92 Å². The van der Waals surface area contributed by atoms with Crippen LogP contribution in [0.5, 0.6) is 11.5 Å². The fraction of sp³-hybridized carbons (Fsp3) is 0.500. The lowest BCUT2D eigenvalue weighted by atomic mass is 10.2. The zero-order chi connectivity index (χ0) is 18.4. The number of likely N-dealkylation sites (N-methyl/N-ethyl adjacent to an activating group) is 1. The molecule has 1 N–H and O–H groups in total. The van der Waals surface area contributed by atoms with Crippen LogP contribution in [0.4, 0.5) is 0 Å². The lowest BCUT2D eigenvalue weighted by molar-refractivity contribution is -0.135. The Morgan fingerprint density at radius 3 is 2.68 bits per heavy atom. The highest BCUT2D eigenvalue weighted by atomic mass is 16.5. The maximum atomic E-state index is 11.9. The fourth-order valence-electron chi connectivity index (χ4n) is 2.18. The van der Waals surface area contributed by atoms with Crippen molar-refractivity contribution in [2.75, 3.05) is 20.7 Å². The van der Waals surface area contributed by atoms with Crippen LogP contribution in [0.2, 0.25) is 0 Å². The molecule has 0 aliphatic heterocycles. The summed E-state index contributed by atoms with van der Waals surface area (Å²) in [5.41, 5.74) is 3.29. The molecule has 1 aliphatic rings. The lowest BCUT2D eigenvalue weighted by Crippen LogP contribution is -2.35.